The zero-order valence-corrected chi connectivity index (χ0v) is 53.8. The summed E-state index contributed by atoms with van der Waals surface area (Å²) in [6, 6.07) is 0. The molecule has 1 unspecified atom stereocenters. The topological polar surface area (TPSA) is 78.9 Å². The van der Waals surface area contributed by atoms with Crippen LogP contribution in [0.15, 0.2) is 85.1 Å². The molecule has 0 amide bonds. The Morgan fingerprint density at radius 2 is 0.481 bits per heavy atom. The van der Waals surface area contributed by atoms with Gasteiger partial charge in [-0.25, -0.2) is 0 Å². The molecule has 0 rings (SSSR count). The Morgan fingerprint density at radius 3 is 0.765 bits per heavy atom. The second-order valence-electron chi connectivity index (χ2n) is 23.4. The van der Waals surface area contributed by atoms with Gasteiger partial charge in [-0.3, -0.25) is 14.4 Å². The number of carbonyl (C=O) groups is 3. The first-order chi connectivity index (χ1) is 40.0. The van der Waals surface area contributed by atoms with Gasteiger partial charge in [0.05, 0.1) is 0 Å². The summed E-state index contributed by atoms with van der Waals surface area (Å²) in [6.45, 7) is 6.57. The summed E-state index contributed by atoms with van der Waals surface area (Å²) in [4.78, 5) is 38.4. The van der Waals surface area contributed by atoms with Crippen molar-refractivity contribution >= 4 is 17.9 Å². The van der Waals surface area contributed by atoms with E-state index in [0.717, 1.165) is 96.3 Å². The Labute approximate surface area is 503 Å². The van der Waals surface area contributed by atoms with Crippen molar-refractivity contribution in [2.24, 2.45) is 0 Å². The van der Waals surface area contributed by atoms with Gasteiger partial charge in [-0.05, 0) is 96.3 Å². The van der Waals surface area contributed by atoms with Crippen LogP contribution in [0, 0.1) is 0 Å². The summed E-state index contributed by atoms with van der Waals surface area (Å²) >= 11 is 0. The summed E-state index contributed by atoms with van der Waals surface area (Å²) in [5.41, 5.74) is 0. The molecule has 6 heteroatoms. The first kappa shape index (κ1) is 77.6. The molecule has 1 atom stereocenters. The largest absolute Gasteiger partial charge is 0.462 e. The van der Waals surface area contributed by atoms with Gasteiger partial charge in [-0.15, -0.1) is 0 Å². The van der Waals surface area contributed by atoms with Crippen molar-refractivity contribution in [3.63, 3.8) is 0 Å². The van der Waals surface area contributed by atoms with E-state index < -0.39 is 6.10 Å². The molecule has 6 nitrogen and oxygen atoms in total. The van der Waals surface area contributed by atoms with Gasteiger partial charge in [0.2, 0.25) is 0 Å². The lowest BCUT2D eigenvalue weighted by Gasteiger charge is -2.18. The van der Waals surface area contributed by atoms with Crippen LogP contribution in [0.1, 0.15) is 355 Å². The first-order valence-electron chi connectivity index (χ1n) is 35.1. The average Bonchev–Trinajstić information content (AvgIpc) is 3.47. The summed E-state index contributed by atoms with van der Waals surface area (Å²) in [6.07, 6.45) is 91.7. The highest BCUT2D eigenvalue weighted by Gasteiger charge is 2.19. The molecule has 0 aromatic heterocycles. The second-order valence-corrected chi connectivity index (χ2v) is 23.4. The van der Waals surface area contributed by atoms with Crippen LogP contribution < -0.4 is 0 Å². The minimum absolute atomic E-state index is 0.0749. The Bertz CT molecular complexity index is 1530. The predicted octanol–water partition coefficient (Wildman–Crippen LogP) is 24.2. The maximum Gasteiger partial charge on any atom is 0.306 e. The monoisotopic (exact) mass is 1130 g/mol. The Balaban J connectivity index is 4.31. The third kappa shape index (κ3) is 67.3. The van der Waals surface area contributed by atoms with Gasteiger partial charge in [0.25, 0.3) is 0 Å². The van der Waals surface area contributed by atoms with E-state index in [0.29, 0.717) is 19.3 Å². The van der Waals surface area contributed by atoms with E-state index in [1.165, 1.54) is 218 Å². The molecule has 81 heavy (non-hydrogen) atoms. The van der Waals surface area contributed by atoms with Crippen LogP contribution in [-0.4, -0.2) is 37.2 Å². The SMILES string of the molecule is CC/C=C\C/C=C\C/C=C\C/C=C\C/C=C\C/C=C\CCCCCCCCCCCCC(=O)OCC(COC(=O)CCCCCCCCCCCCCCCCCC)OC(=O)CCCCCCCCC/C=C\CCCCCCCCC. The minimum Gasteiger partial charge on any atom is -0.462 e. The van der Waals surface area contributed by atoms with E-state index in [4.69, 9.17) is 14.2 Å². The first-order valence-corrected chi connectivity index (χ1v) is 35.1. The highest BCUT2D eigenvalue weighted by molar-refractivity contribution is 5.71. The van der Waals surface area contributed by atoms with Gasteiger partial charge in [-0.2, -0.15) is 0 Å². The van der Waals surface area contributed by atoms with Gasteiger partial charge in [0, 0.05) is 19.3 Å². The van der Waals surface area contributed by atoms with Crippen LogP contribution in [0.4, 0.5) is 0 Å². The van der Waals surface area contributed by atoms with E-state index in [1.54, 1.807) is 0 Å². The molecule has 0 spiro atoms. The lowest BCUT2D eigenvalue weighted by molar-refractivity contribution is -0.167. The molecule has 0 fully saturated rings. The maximum atomic E-state index is 12.9. The Kier molecular flexibility index (Phi) is 66.2. The third-order valence-corrected chi connectivity index (χ3v) is 15.4. The zero-order valence-electron chi connectivity index (χ0n) is 53.8. The number of carbonyl (C=O) groups excluding carboxylic acids is 3. The minimum atomic E-state index is -0.780. The Hall–Kier alpha value is -3.41. The number of rotatable bonds is 64. The molecule has 468 valence electrons. The number of hydrogen-bond acceptors (Lipinski definition) is 6. The summed E-state index contributed by atoms with van der Waals surface area (Å²) in [5, 5.41) is 0. The summed E-state index contributed by atoms with van der Waals surface area (Å²) in [5.74, 6) is -0.864. The molecule has 0 saturated heterocycles. The van der Waals surface area contributed by atoms with Crippen molar-refractivity contribution in [3.8, 4) is 0 Å². The van der Waals surface area contributed by atoms with Crippen molar-refractivity contribution < 1.29 is 28.6 Å². The third-order valence-electron chi connectivity index (χ3n) is 15.4. The van der Waals surface area contributed by atoms with E-state index in [2.05, 4.69) is 106 Å². The average molecular weight is 1130 g/mol. The van der Waals surface area contributed by atoms with E-state index in [-0.39, 0.29) is 31.1 Å². The lowest BCUT2D eigenvalue weighted by atomic mass is 10.0. The predicted molar refractivity (Wildman–Crippen MR) is 353 cm³/mol. The zero-order chi connectivity index (χ0) is 58.5. The van der Waals surface area contributed by atoms with Crippen LogP contribution in [0.25, 0.3) is 0 Å². The Morgan fingerprint density at radius 1 is 0.259 bits per heavy atom. The second kappa shape index (κ2) is 69.1. The van der Waals surface area contributed by atoms with Crippen LogP contribution in [0.3, 0.4) is 0 Å². The van der Waals surface area contributed by atoms with Gasteiger partial charge in [0.15, 0.2) is 6.10 Å². The number of hydrogen-bond donors (Lipinski definition) is 0. The highest BCUT2D eigenvalue weighted by atomic mass is 16.6. The fourth-order valence-electron chi connectivity index (χ4n) is 10.2. The molecular formula is C75H132O6. The molecule has 0 radical (unpaired) electrons. The molecule has 0 aliphatic carbocycles. The number of ether oxygens (including phenoxy) is 3. The van der Waals surface area contributed by atoms with Crippen LogP contribution >= 0.6 is 0 Å². The van der Waals surface area contributed by atoms with Gasteiger partial charge >= 0.3 is 17.9 Å². The molecular weight excluding hydrogens is 997 g/mol. The summed E-state index contributed by atoms with van der Waals surface area (Å²) < 4.78 is 17.0. The van der Waals surface area contributed by atoms with E-state index in [1.807, 2.05) is 0 Å². The standard InChI is InChI=1S/C75H132O6/c1-4-7-10-13-16-19-22-25-28-31-33-34-35-36-37-38-39-40-41-42-43-45-47-50-53-56-59-62-65-68-74(77)80-71-72(70-79-73(76)67-64-61-58-55-52-49-46-30-27-24-21-18-15-12-9-6-3)81-75(78)69-66-63-60-57-54-51-48-44-32-29-26-23-20-17-14-11-8-5-2/h7,10,16,19,25,28-29,32-34,36-37,39-40,72H,4-6,8-9,11-15,17-18,20-24,26-27,30-31,35,38,41-71H2,1-3H3/b10-7-,19-16-,28-25-,32-29-,34-33-,37-36-,40-39-. The lowest BCUT2D eigenvalue weighted by Crippen LogP contribution is -2.30. The van der Waals surface area contributed by atoms with E-state index in [9.17, 15) is 14.4 Å². The molecule has 0 bridgehead atoms. The molecule has 0 aromatic rings. The van der Waals surface area contributed by atoms with Crippen molar-refractivity contribution in [1.82, 2.24) is 0 Å². The van der Waals surface area contributed by atoms with Crippen LogP contribution in [0.2, 0.25) is 0 Å². The fourth-order valence-corrected chi connectivity index (χ4v) is 10.2. The van der Waals surface area contributed by atoms with E-state index >= 15 is 0 Å². The van der Waals surface area contributed by atoms with Crippen molar-refractivity contribution in [3.05, 3.63) is 85.1 Å². The summed E-state index contributed by atoms with van der Waals surface area (Å²) in [7, 11) is 0. The highest BCUT2D eigenvalue weighted by Crippen LogP contribution is 2.17. The number of esters is 3. The normalized spacial score (nSPS) is 12.6. The molecule has 0 heterocycles. The quantitative estimate of drug-likeness (QED) is 0.0261. The maximum absolute atomic E-state index is 12.9. The molecule has 0 saturated carbocycles. The fraction of sp³-hybridized carbons (Fsp3) is 0.773. The molecule has 0 aromatic carbocycles. The molecule has 0 N–H and O–H groups in total. The molecule has 0 aliphatic heterocycles. The van der Waals surface area contributed by atoms with Crippen molar-refractivity contribution in [2.75, 3.05) is 13.2 Å². The molecule has 0 aliphatic rings. The van der Waals surface area contributed by atoms with Crippen LogP contribution in [-0.2, 0) is 28.6 Å². The van der Waals surface area contributed by atoms with Gasteiger partial charge in [-0.1, -0.05) is 324 Å². The number of unbranched alkanes of at least 4 members (excludes halogenated alkanes) is 39. The van der Waals surface area contributed by atoms with Crippen molar-refractivity contribution in [2.45, 2.75) is 361 Å². The van der Waals surface area contributed by atoms with Crippen molar-refractivity contribution in [1.29, 1.82) is 0 Å². The van der Waals surface area contributed by atoms with Gasteiger partial charge in [0.1, 0.15) is 13.2 Å². The number of allylic oxidation sites excluding steroid dienone is 14. The smallest absolute Gasteiger partial charge is 0.306 e. The van der Waals surface area contributed by atoms with Crippen LogP contribution in [0.5, 0.6) is 0 Å². The van der Waals surface area contributed by atoms with Gasteiger partial charge < -0.3 is 14.2 Å².